The van der Waals surface area contributed by atoms with E-state index in [1.807, 2.05) is 0 Å². The van der Waals surface area contributed by atoms with Gasteiger partial charge in [-0.05, 0) is 68.4 Å². The average molecular weight is 571 g/mol. The van der Waals surface area contributed by atoms with Crippen LogP contribution in [0.3, 0.4) is 0 Å². The summed E-state index contributed by atoms with van der Waals surface area (Å²) in [6.45, 7) is 3.57. The number of nitrogens with one attached hydrogen (secondary N) is 1. The van der Waals surface area contributed by atoms with E-state index in [9.17, 15) is 22.8 Å². The monoisotopic (exact) mass is 571 g/mol. The van der Waals surface area contributed by atoms with Gasteiger partial charge in [0.25, 0.3) is 0 Å². The minimum absolute atomic E-state index is 0.0179. The lowest BCUT2D eigenvalue weighted by Gasteiger charge is -2.18. The van der Waals surface area contributed by atoms with E-state index < -0.39 is 19.3 Å². The Morgan fingerprint density at radius 1 is 0.950 bits per heavy atom. The molecule has 0 radical (unpaired) electrons. The summed E-state index contributed by atoms with van der Waals surface area (Å²) in [5.41, 5.74) is 1.48. The molecule has 208 valence electrons. The van der Waals surface area contributed by atoms with Crippen molar-refractivity contribution in [3.8, 4) is 17.0 Å². The smallest absolute Gasteiger partial charge is 0.416 e. The van der Waals surface area contributed by atoms with Crippen molar-refractivity contribution in [2.45, 2.75) is 20.0 Å². The van der Waals surface area contributed by atoms with Crippen molar-refractivity contribution >= 4 is 35.9 Å². The number of rotatable bonds is 10. The van der Waals surface area contributed by atoms with Crippen LogP contribution in [0.25, 0.3) is 11.3 Å². The highest BCUT2D eigenvalue weighted by Crippen LogP contribution is 2.49. The Morgan fingerprint density at radius 2 is 1.65 bits per heavy atom. The zero-order valence-corrected chi connectivity index (χ0v) is 22.4. The second kappa shape index (κ2) is 12.4. The van der Waals surface area contributed by atoms with E-state index in [1.165, 1.54) is 36.5 Å². The number of halogens is 3. The van der Waals surface area contributed by atoms with Crippen molar-refractivity contribution in [2.24, 2.45) is 10.2 Å². The first kappa shape index (κ1) is 28.9. The molecule has 9 nitrogen and oxygen atoms in total. The number of phenolic OH excluding ortho intramolecular Hbond substituents is 1. The number of hydrogen-bond acceptors (Lipinski definition) is 9. The van der Waals surface area contributed by atoms with Crippen LogP contribution in [-0.2, 0) is 19.8 Å². The maximum atomic E-state index is 13.2. The highest BCUT2D eigenvalue weighted by atomic mass is 31.2. The number of hydrogen-bond donors (Lipinski definition) is 2. The fourth-order valence-corrected chi connectivity index (χ4v) is 5.32. The summed E-state index contributed by atoms with van der Waals surface area (Å²) in [5.74, 6) is -0.0755. The zero-order chi connectivity index (χ0) is 28.8. The van der Waals surface area contributed by atoms with Gasteiger partial charge in [0.1, 0.15) is 11.1 Å². The number of nitrogens with zero attached hydrogens (tertiary/aromatic N) is 4. The van der Waals surface area contributed by atoms with Crippen LogP contribution in [-0.4, -0.2) is 28.3 Å². The van der Waals surface area contributed by atoms with Crippen LogP contribution in [0.4, 0.5) is 36.2 Å². The van der Waals surface area contributed by atoms with E-state index in [0.29, 0.717) is 28.3 Å². The molecule has 0 unspecified atom stereocenters. The molecule has 0 aliphatic heterocycles. The number of alkyl halides is 3. The third-order valence-corrected chi connectivity index (χ3v) is 7.57. The molecule has 0 fully saturated rings. The predicted octanol–water partition coefficient (Wildman–Crippen LogP) is 7.92. The van der Waals surface area contributed by atoms with E-state index in [0.717, 1.165) is 12.1 Å². The van der Waals surface area contributed by atoms with Gasteiger partial charge in [0.2, 0.25) is 5.95 Å². The third-order valence-electron chi connectivity index (χ3n) is 5.43. The van der Waals surface area contributed by atoms with Crippen molar-refractivity contribution in [1.82, 2.24) is 9.97 Å². The first-order valence-electron chi connectivity index (χ1n) is 12.1. The maximum absolute atomic E-state index is 13.2. The molecule has 0 bridgehead atoms. The van der Waals surface area contributed by atoms with Crippen LogP contribution in [0.15, 0.2) is 89.2 Å². The first-order chi connectivity index (χ1) is 19.1. The molecule has 13 heteroatoms. The Balaban J connectivity index is 1.60. The van der Waals surface area contributed by atoms with Crippen molar-refractivity contribution in [2.75, 3.05) is 18.5 Å². The number of benzene rings is 3. The summed E-state index contributed by atoms with van der Waals surface area (Å²) < 4.78 is 62.4. The Bertz CT molecular complexity index is 1540. The zero-order valence-electron chi connectivity index (χ0n) is 21.5. The third kappa shape index (κ3) is 6.90. The molecule has 0 aliphatic carbocycles. The fraction of sp³-hybridized carbons (Fsp3) is 0.185. The number of anilines is 2. The van der Waals surface area contributed by atoms with E-state index in [4.69, 9.17) is 9.05 Å². The van der Waals surface area contributed by atoms with Gasteiger partial charge in [-0.25, -0.2) is 9.97 Å². The van der Waals surface area contributed by atoms with E-state index >= 15 is 0 Å². The molecule has 0 saturated carbocycles. The fourth-order valence-electron chi connectivity index (χ4n) is 3.64. The van der Waals surface area contributed by atoms with Crippen LogP contribution in [0.5, 0.6) is 5.75 Å². The lowest BCUT2D eigenvalue weighted by molar-refractivity contribution is -0.137. The van der Waals surface area contributed by atoms with Crippen LogP contribution in [0.2, 0.25) is 0 Å². The predicted molar refractivity (Wildman–Crippen MR) is 145 cm³/mol. The molecule has 2 N–H and O–H groups in total. The normalized spacial score (nSPS) is 12.1. The van der Waals surface area contributed by atoms with Crippen molar-refractivity contribution in [1.29, 1.82) is 0 Å². The van der Waals surface area contributed by atoms with E-state index in [1.54, 1.807) is 44.2 Å². The number of azo groups is 1. The lowest BCUT2D eigenvalue weighted by Crippen LogP contribution is -2.11. The van der Waals surface area contributed by atoms with Gasteiger partial charge in [-0.15, -0.1) is 5.11 Å². The SMILES string of the molecule is CCOP(=O)(OCC)c1cc(N=Nc2ccccc2-c2ccnc(Nc3ccc(C(F)(F)F)cc3)n2)ccc1O. The van der Waals surface area contributed by atoms with Gasteiger partial charge in [-0.1, -0.05) is 18.2 Å². The average Bonchev–Trinajstić information content (AvgIpc) is 2.93. The molecule has 40 heavy (non-hydrogen) atoms. The van der Waals surface area contributed by atoms with Crippen molar-refractivity contribution < 1.29 is 31.9 Å². The standard InChI is InChI=1S/C27H25F3N5O4P/c1-3-38-40(37,39-4-2)25-17-20(13-14-24(25)36)34-35-23-8-6-5-7-21(23)22-15-16-31-26(33-22)32-19-11-9-18(10-12-19)27(28,29)30/h5-17,36H,3-4H2,1-2H3,(H,31,32,33). The minimum atomic E-state index is -4.43. The highest BCUT2D eigenvalue weighted by Gasteiger charge is 2.31. The Hall–Kier alpha value is -4.12. The van der Waals surface area contributed by atoms with Gasteiger partial charge in [0.15, 0.2) is 0 Å². The highest BCUT2D eigenvalue weighted by molar-refractivity contribution is 7.62. The molecule has 4 rings (SSSR count). The summed E-state index contributed by atoms with van der Waals surface area (Å²) in [6.07, 6.45) is -2.92. The number of aromatic hydroxyl groups is 1. The summed E-state index contributed by atoms with van der Waals surface area (Å²) in [4.78, 5) is 8.63. The molecular formula is C27H25F3N5O4P. The van der Waals surface area contributed by atoms with Gasteiger partial charge < -0.3 is 19.5 Å². The molecule has 0 atom stereocenters. The van der Waals surface area contributed by atoms with Crippen LogP contribution < -0.4 is 10.6 Å². The second-order valence-electron chi connectivity index (χ2n) is 8.19. The Labute approximate surface area is 228 Å². The molecule has 0 aliphatic rings. The summed E-state index contributed by atoms with van der Waals surface area (Å²) >= 11 is 0. The molecular weight excluding hydrogens is 546 g/mol. The largest absolute Gasteiger partial charge is 0.507 e. The van der Waals surface area contributed by atoms with Gasteiger partial charge in [-0.2, -0.15) is 18.3 Å². The quantitative estimate of drug-likeness (QED) is 0.147. The van der Waals surface area contributed by atoms with Gasteiger partial charge in [0, 0.05) is 17.4 Å². The molecule has 0 spiro atoms. The first-order valence-corrected chi connectivity index (χ1v) is 13.7. The number of aromatic nitrogens is 2. The van der Waals surface area contributed by atoms with Gasteiger partial charge in [-0.3, -0.25) is 4.57 Å². The molecule has 1 heterocycles. The van der Waals surface area contributed by atoms with Crippen molar-refractivity contribution in [3.63, 3.8) is 0 Å². The lowest BCUT2D eigenvalue weighted by atomic mass is 10.1. The van der Waals surface area contributed by atoms with Crippen molar-refractivity contribution in [3.05, 3.63) is 84.6 Å². The van der Waals surface area contributed by atoms with E-state index in [2.05, 4.69) is 25.5 Å². The van der Waals surface area contributed by atoms with E-state index in [-0.39, 0.29) is 30.2 Å². The molecule has 3 aromatic carbocycles. The van der Waals surface area contributed by atoms with Crippen LogP contribution in [0, 0.1) is 0 Å². The Morgan fingerprint density at radius 3 is 2.33 bits per heavy atom. The van der Waals surface area contributed by atoms with Gasteiger partial charge >= 0.3 is 13.8 Å². The maximum Gasteiger partial charge on any atom is 0.416 e. The summed E-state index contributed by atoms with van der Waals surface area (Å²) in [6, 6.07) is 17.5. The Kier molecular flexibility index (Phi) is 8.93. The molecule has 4 aromatic rings. The number of phenols is 1. The molecule has 0 amide bonds. The topological polar surface area (TPSA) is 118 Å². The minimum Gasteiger partial charge on any atom is -0.507 e. The summed E-state index contributed by atoms with van der Waals surface area (Å²) in [5, 5.41) is 21.8. The van der Waals surface area contributed by atoms with Crippen LogP contribution >= 0.6 is 7.60 Å². The second-order valence-corrected chi connectivity index (χ2v) is 10.2. The molecule has 1 aromatic heterocycles. The molecule has 0 saturated heterocycles. The van der Waals surface area contributed by atoms with Gasteiger partial charge in [0.05, 0.1) is 35.8 Å². The van der Waals surface area contributed by atoms with Crippen LogP contribution in [0.1, 0.15) is 19.4 Å². The summed E-state index contributed by atoms with van der Waals surface area (Å²) in [7, 11) is -3.77.